The topological polar surface area (TPSA) is 126 Å². The van der Waals surface area contributed by atoms with Crippen molar-refractivity contribution in [1.29, 1.82) is 0 Å². The van der Waals surface area contributed by atoms with Crippen molar-refractivity contribution in [2.75, 3.05) is 48.5 Å². The monoisotopic (exact) mass is 527 g/mol. The number of hydrogen-bond acceptors (Lipinski definition) is 9. The number of methoxy groups -OCH3 is 1. The molecule has 2 heterocycles. The van der Waals surface area contributed by atoms with Crippen LogP contribution >= 0.6 is 15.9 Å². The number of hydrogen-bond donors (Lipinski definition) is 2. The van der Waals surface area contributed by atoms with Gasteiger partial charge in [0.25, 0.3) is 5.91 Å². The number of benzene rings is 2. The molecule has 1 aliphatic heterocycles. The van der Waals surface area contributed by atoms with Gasteiger partial charge in [-0.2, -0.15) is 0 Å². The second-order valence-corrected chi connectivity index (χ2v) is 8.24. The lowest BCUT2D eigenvalue weighted by atomic mass is 10.2. The first-order chi connectivity index (χ1) is 16.5. The number of nitrogens with one attached hydrogen (secondary N) is 2. The first-order valence-corrected chi connectivity index (χ1v) is 11.2. The van der Waals surface area contributed by atoms with Crippen LogP contribution in [0.15, 0.2) is 59.3 Å². The third-order valence-electron chi connectivity index (χ3n) is 5.42. The summed E-state index contributed by atoms with van der Waals surface area (Å²) in [6, 6.07) is 14.6. The van der Waals surface area contributed by atoms with Crippen molar-refractivity contribution in [1.82, 2.24) is 15.4 Å². The summed E-state index contributed by atoms with van der Waals surface area (Å²) in [6.45, 7) is 2.39. The summed E-state index contributed by atoms with van der Waals surface area (Å²) in [7, 11) is 1.62. The van der Waals surface area contributed by atoms with Gasteiger partial charge in [-0.3, -0.25) is 25.8 Å². The van der Waals surface area contributed by atoms with E-state index in [2.05, 4.69) is 41.6 Å². The van der Waals surface area contributed by atoms with Crippen molar-refractivity contribution in [3.8, 4) is 5.75 Å². The normalized spacial score (nSPS) is 13.4. The van der Waals surface area contributed by atoms with Gasteiger partial charge in [0.1, 0.15) is 12.1 Å². The Labute approximate surface area is 204 Å². The Morgan fingerprint density at radius 1 is 1.06 bits per heavy atom. The zero-order valence-corrected chi connectivity index (χ0v) is 19.9. The maximum absolute atomic E-state index is 12.5. The number of piperazine rings is 1. The zero-order valence-electron chi connectivity index (χ0n) is 18.3. The standard InChI is InChI=1S/C22H22BrN7O4/c1-34-16-8-6-15(7-9-16)28-10-12-29(13-11-28)21-19(30(32)33)20(24-14-25-21)26-27-22(31)17-4-2-3-5-18(17)23/h2-9,14H,10-13H2,1H3,(H,27,31)(H,24,25,26). The lowest BCUT2D eigenvalue weighted by molar-refractivity contribution is -0.383. The van der Waals surface area contributed by atoms with Gasteiger partial charge in [0.15, 0.2) is 0 Å². The zero-order chi connectivity index (χ0) is 24.1. The minimum Gasteiger partial charge on any atom is -0.497 e. The van der Waals surface area contributed by atoms with Crippen LogP contribution < -0.4 is 25.4 Å². The Balaban J connectivity index is 1.47. The van der Waals surface area contributed by atoms with E-state index in [1.54, 1.807) is 31.4 Å². The van der Waals surface area contributed by atoms with Crippen molar-refractivity contribution >= 4 is 44.8 Å². The third-order valence-corrected chi connectivity index (χ3v) is 6.11. The van der Waals surface area contributed by atoms with Crippen LogP contribution in [-0.2, 0) is 0 Å². The molecule has 1 amide bonds. The van der Waals surface area contributed by atoms with Gasteiger partial charge < -0.3 is 14.5 Å². The maximum atomic E-state index is 12.5. The molecule has 0 radical (unpaired) electrons. The highest BCUT2D eigenvalue weighted by molar-refractivity contribution is 9.10. The molecule has 1 aromatic heterocycles. The maximum Gasteiger partial charge on any atom is 0.355 e. The number of nitro groups is 1. The molecule has 176 valence electrons. The van der Waals surface area contributed by atoms with Crippen molar-refractivity contribution in [3.63, 3.8) is 0 Å². The number of carbonyl (C=O) groups excluding carboxylic acids is 1. The summed E-state index contributed by atoms with van der Waals surface area (Å²) in [6.07, 6.45) is 1.24. The Morgan fingerprint density at radius 3 is 2.38 bits per heavy atom. The highest BCUT2D eigenvalue weighted by atomic mass is 79.9. The molecule has 3 aromatic rings. The van der Waals surface area contributed by atoms with E-state index < -0.39 is 10.8 Å². The van der Waals surface area contributed by atoms with Crippen LogP contribution in [0.1, 0.15) is 10.4 Å². The summed E-state index contributed by atoms with van der Waals surface area (Å²) in [5.41, 5.74) is 6.18. The van der Waals surface area contributed by atoms with Gasteiger partial charge in [-0.15, -0.1) is 0 Å². The summed E-state index contributed by atoms with van der Waals surface area (Å²) >= 11 is 3.31. The fourth-order valence-corrected chi connectivity index (χ4v) is 4.12. The molecule has 1 fully saturated rings. The summed E-state index contributed by atoms with van der Waals surface area (Å²) in [5.74, 6) is 0.431. The Hall–Kier alpha value is -3.93. The smallest absolute Gasteiger partial charge is 0.355 e. The molecule has 1 aliphatic rings. The van der Waals surface area contributed by atoms with Crippen LogP contribution in [0.5, 0.6) is 5.75 Å². The van der Waals surface area contributed by atoms with E-state index in [1.165, 1.54) is 6.33 Å². The highest BCUT2D eigenvalue weighted by Crippen LogP contribution is 2.32. The van der Waals surface area contributed by atoms with Crippen LogP contribution in [-0.4, -0.2) is 54.1 Å². The summed E-state index contributed by atoms with van der Waals surface area (Å²) in [4.78, 5) is 36.1. The van der Waals surface area contributed by atoms with Crippen LogP contribution in [0.4, 0.5) is 23.0 Å². The molecule has 0 saturated carbocycles. The molecule has 0 bridgehead atoms. The minimum atomic E-state index is -0.544. The minimum absolute atomic E-state index is 0.0898. The van der Waals surface area contributed by atoms with Crippen LogP contribution in [0.25, 0.3) is 0 Å². The average Bonchev–Trinajstić information content (AvgIpc) is 2.87. The first kappa shape index (κ1) is 23.2. The fraction of sp³-hybridized carbons (Fsp3) is 0.227. The lowest BCUT2D eigenvalue weighted by Crippen LogP contribution is -2.47. The van der Waals surface area contributed by atoms with E-state index in [1.807, 2.05) is 29.2 Å². The number of carbonyl (C=O) groups is 1. The number of rotatable bonds is 7. The molecule has 34 heavy (non-hydrogen) atoms. The highest BCUT2D eigenvalue weighted by Gasteiger charge is 2.29. The lowest BCUT2D eigenvalue weighted by Gasteiger charge is -2.36. The molecular weight excluding hydrogens is 506 g/mol. The van der Waals surface area contributed by atoms with Gasteiger partial charge >= 0.3 is 5.69 Å². The summed E-state index contributed by atoms with van der Waals surface area (Å²) < 4.78 is 5.80. The quantitative estimate of drug-likeness (QED) is 0.351. The largest absolute Gasteiger partial charge is 0.497 e. The predicted molar refractivity (Wildman–Crippen MR) is 131 cm³/mol. The van der Waals surface area contributed by atoms with Gasteiger partial charge in [-0.25, -0.2) is 9.97 Å². The molecule has 2 aromatic carbocycles. The van der Waals surface area contributed by atoms with Gasteiger partial charge in [-0.1, -0.05) is 12.1 Å². The predicted octanol–water partition coefficient (Wildman–Crippen LogP) is 3.24. The fourth-order valence-electron chi connectivity index (χ4n) is 3.66. The number of hydrazine groups is 1. The second-order valence-electron chi connectivity index (χ2n) is 7.38. The first-order valence-electron chi connectivity index (χ1n) is 10.4. The van der Waals surface area contributed by atoms with E-state index in [0.717, 1.165) is 11.4 Å². The Kier molecular flexibility index (Phi) is 7.07. The number of amides is 1. The van der Waals surface area contributed by atoms with Crippen molar-refractivity contribution in [2.24, 2.45) is 0 Å². The van der Waals surface area contributed by atoms with Gasteiger partial charge in [0, 0.05) is 36.3 Å². The van der Waals surface area contributed by atoms with Crippen LogP contribution in [0.3, 0.4) is 0 Å². The number of ether oxygens (including phenoxy) is 1. The molecule has 0 spiro atoms. The number of halogens is 1. The van der Waals surface area contributed by atoms with Crippen molar-refractivity contribution < 1.29 is 14.5 Å². The molecule has 0 aliphatic carbocycles. The van der Waals surface area contributed by atoms with Gasteiger partial charge in [-0.05, 0) is 52.3 Å². The van der Waals surface area contributed by atoms with Gasteiger partial charge in [0.05, 0.1) is 17.6 Å². The van der Waals surface area contributed by atoms with Crippen LogP contribution in [0, 0.1) is 10.1 Å². The van der Waals surface area contributed by atoms with Crippen LogP contribution in [0.2, 0.25) is 0 Å². The number of nitrogens with zero attached hydrogens (tertiary/aromatic N) is 5. The number of anilines is 3. The molecule has 1 saturated heterocycles. The van der Waals surface area contributed by atoms with E-state index >= 15 is 0 Å². The Bertz CT molecular complexity index is 1180. The molecule has 0 unspecified atom stereocenters. The van der Waals surface area contributed by atoms with E-state index in [4.69, 9.17) is 4.74 Å². The molecular formula is C22H22BrN7O4. The van der Waals surface area contributed by atoms with Gasteiger partial charge in [0.2, 0.25) is 11.6 Å². The number of aromatic nitrogens is 2. The van der Waals surface area contributed by atoms with E-state index in [9.17, 15) is 14.9 Å². The Morgan fingerprint density at radius 2 is 1.74 bits per heavy atom. The van der Waals surface area contributed by atoms with E-state index in [0.29, 0.717) is 36.2 Å². The molecule has 12 heteroatoms. The summed E-state index contributed by atoms with van der Waals surface area (Å²) in [5, 5.41) is 11.9. The molecule has 2 N–H and O–H groups in total. The SMILES string of the molecule is COc1ccc(N2CCN(c3ncnc(NNC(=O)c4ccccc4Br)c3[N+](=O)[O-])CC2)cc1. The van der Waals surface area contributed by atoms with Crippen molar-refractivity contribution in [2.45, 2.75) is 0 Å². The molecule has 0 atom stereocenters. The second kappa shape index (κ2) is 10.3. The van der Waals surface area contributed by atoms with E-state index in [-0.39, 0.29) is 17.3 Å². The average molecular weight is 528 g/mol. The molecule has 11 nitrogen and oxygen atoms in total. The molecule has 4 rings (SSSR count). The third kappa shape index (κ3) is 5.01. The van der Waals surface area contributed by atoms with Crippen molar-refractivity contribution in [3.05, 3.63) is 75.0 Å².